The first kappa shape index (κ1) is 15.6. The standard InChI is InChI=1S/C13H16F3N3O2/c1-17-11-9-3-2-8(6-10(9)18-12(11)21)19(4-5-20)7-13(14,15)16/h2-3,6,11,17,20H,4-5,7H2,1H3,(H,18,21). The Labute approximate surface area is 119 Å². The van der Waals surface area contributed by atoms with Gasteiger partial charge in [0.15, 0.2) is 0 Å². The van der Waals surface area contributed by atoms with E-state index in [1.807, 2.05) is 0 Å². The lowest BCUT2D eigenvalue weighted by Crippen LogP contribution is -2.36. The van der Waals surface area contributed by atoms with Crippen molar-refractivity contribution in [1.29, 1.82) is 0 Å². The topological polar surface area (TPSA) is 64.6 Å². The van der Waals surface area contributed by atoms with E-state index in [1.54, 1.807) is 13.1 Å². The number of anilines is 2. The summed E-state index contributed by atoms with van der Waals surface area (Å²) in [6.45, 7) is -1.68. The average Bonchev–Trinajstić information content (AvgIpc) is 2.70. The number of carbonyl (C=O) groups excluding carboxylic acids is 1. The highest BCUT2D eigenvalue weighted by Gasteiger charge is 2.33. The molecule has 0 saturated heterocycles. The van der Waals surface area contributed by atoms with Gasteiger partial charge in [-0.1, -0.05) is 6.07 Å². The molecule has 1 aliphatic heterocycles. The number of nitrogens with one attached hydrogen (secondary N) is 2. The van der Waals surface area contributed by atoms with Crippen LogP contribution in [0.2, 0.25) is 0 Å². The lowest BCUT2D eigenvalue weighted by atomic mass is 10.1. The highest BCUT2D eigenvalue weighted by Crippen LogP contribution is 2.34. The van der Waals surface area contributed by atoms with Gasteiger partial charge in [0.25, 0.3) is 0 Å². The number of aliphatic hydroxyl groups excluding tert-OH is 1. The smallest absolute Gasteiger partial charge is 0.395 e. The van der Waals surface area contributed by atoms with Gasteiger partial charge < -0.3 is 20.6 Å². The lowest BCUT2D eigenvalue weighted by molar-refractivity contribution is -0.120. The maximum Gasteiger partial charge on any atom is 0.405 e. The van der Waals surface area contributed by atoms with Gasteiger partial charge in [-0.25, -0.2) is 0 Å². The SMILES string of the molecule is CNC1C(=O)Nc2cc(N(CCO)CC(F)(F)F)ccc21. The summed E-state index contributed by atoms with van der Waals surface area (Å²) < 4.78 is 37.7. The Bertz CT molecular complexity index is 534. The molecule has 0 radical (unpaired) electrons. The van der Waals surface area contributed by atoms with Gasteiger partial charge in [-0.2, -0.15) is 13.2 Å². The second-order valence-corrected chi connectivity index (χ2v) is 4.74. The normalized spacial score (nSPS) is 17.6. The number of nitrogens with zero attached hydrogens (tertiary/aromatic N) is 1. The summed E-state index contributed by atoms with van der Waals surface area (Å²) in [4.78, 5) is 12.7. The van der Waals surface area contributed by atoms with E-state index in [4.69, 9.17) is 5.11 Å². The third-order valence-electron chi connectivity index (χ3n) is 3.26. The van der Waals surface area contributed by atoms with E-state index >= 15 is 0 Å². The zero-order valence-corrected chi connectivity index (χ0v) is 11.4. The number of rotatable bonds is 5. The van der Waals surface area contributed by atoms with Crippen LogP contribution in [0.4, 0.5) is 24.5 Å². The fourth-order valence-corrected chi connectivity index (χ4v) is 2.37. The van der Waals surface area contributed by atoms with E-state index < -0.39 is 25.4 Å². The van der Waals surface area contributed by atoms with Gasteiger partial charge in [-0.3, -0.25) is 4.79 Å². The van der Waals surface area contributed by atoms with Crippen LogP contribution in [-0.2, 0) is 4.79 Å². The number of carbonyl (C=O) groups is 1. The predicted molar refractivity (Wildman–Crippen MR) is 72.2 cm³/mol. The molecule has 1 unspecified atom stereocenters. The number of benzene rings is 1. The van der Waals surface area contributed by atoms with Gasteiger partial charge in [0.05, 0.1) is 6.61 Å². The van der Waals surface area contributed by atoms with Crippen LogP contribution >= 0.6 is 0 Å². The number of hydrogen-bond donors (Lipinski definition) is 3. The average molecular weight is 303 g/mol. The molecular weight excluding hydrogens is 287 g/mol. The molecule has 0 aromatic heterocycles. The zero-order chi connectivity index (χ0) is 15.6. The number of hydrogen-bond acceptors (Lipinski definition) is 4. The van der Waals surface area contributed by atoms with Gasteiger partial charge in [0, 0.05) is 23.5 Å². The fourth-order valence-electron chi connectivity index (χ4n) is 2.37. The summed E-state index contributed by atoms with van der Waals surface area (Å²) in [6.07, 6.45) is -4.37. The van der Waals surface area contributed by atoms with Gasteiger partial charge in [-0.05, 0) is 19.2 Å². The van der Waals surface area contributed by atoms with Gasteiger partial charge in [0.1, 0.15) is 12.6 Å². The van der Waals surface area contributed by atoms with Crippen molar-refractivity contribution in [2.45, 2.75) is 12.2 Å². The van der Waals surface area contributed by atoms with Crippen molar-refractivity contribution < 1.29 is 23.1 Å². The monoisotopic (exact) mass is 303 g/mol. The zero-order valence-electron chi connectivity index (χ0n) is 11.4. The summed E-state index contributed by atoms with van der Waals surface area (Å²) in [7, 11) is 1.63. The molecule has 5 nitrogen and oxygen atoms in total. The van der Waals surface area contributed by atoms with Crippen LogP contribution in [0.1, 0.15) is 11.6 Å². The van der Waals surface area contributed by atoms with Crippen molar-refractivity contribution in [2.24, 2.45) is 0 Å². The first-order chi connectivity index (χ1) is 9.85. The molecule has 116 valence electrons. The third kappa shape index (κ3) is 3.45. The quantitative estimate of drug-likeness (QED) is 0.766. The van der Waals surface area contributed by atoms with Gasteiger partial charge in [0.2, 0.25) is 5.91 Å². The molecule has 21 heavy (non-hydrogen) atoms. The summed E-state index contributed by atoms with van der Waals surface area (Å²) in [5, 5.41) is 14.4. The second kappa shape index (κ2) is 5.90. The van der Waals surface area contributed by atoms with E-state index in [0.29, 0.717) is 16.9 Å². The number of fused-ring (bicyclic) bond motifs is 1. The first-order valence-corrected chi connectivity index (χ1v) is 6.40. The Morgan fingerprint density at radius 3 is 2.71 bits per heavy atom. The van der Waals surface area contributed by atoms with Gasteiger partial charge in [-0.15, -0.1) is 0 Å². The molecule has 1 aromatic rings. The summed E-state index contributed by atoms with van der Waals surface area (Å²) in [6, 6.07) is 4.13. The molecule has 2 rings (SSSR count). The maximum absolute atomic E-state index is 12.6. The van der Waals surface area contributed by atoms with Crippen LogP contribution < -0.4 is 15.5 Å². The van der Waals surface area contributed by atoms with Crippen LogP contribution in [0.25, 0.3) is 0 Å². The largest absolute Gasteiger partial charge is 0.405 e. The number of amides is 1. The molecule has 1 heterocycles. The Morgan fingerprint density at radius 1 is 1.43 bits per heavy atom. The van der Waals surface area contributed by atoms with Crippen LogP contribution in [-0.4, -0.2) is 43.9 Å². The Kier molecular flexibility index (Phi) is 4.38. The summed E-state index contributed by atoms with van der Waals surface area (Å²) in [5.41, 5.74) is 1.49. The van der Waals surface area contributed by atoms with Crippen molar-refractivity contribution in [3.63, 3.8) is 0 Å². The molecule has 0 aliphatic carbocycles. The third-order valence-corrected chi connectivity index (χ3v) is 3.26. The molecule has 3 N–H and O–H groups in total. The molecule has 0 spiro atoms. The van der Waals surface area contributed by atoms with E-state index in [1.165, 1.54) is 12.1 Å². The lowest BCUT2D eigenvalue weighted by Gasteiger charge is -2.25. The molecule has 1 amide bonds. The van der Waals surface area contributed by atoms with Crippen molar-refractivity contribution in [2.75, 3.05) is 37.0 Å². The van der Waals surface area contributed by atoms with Crippen LogP contribution in [0.3, 0.4) is 0 Å². The molecular formula is C13H16F3N3O2. The minimum absolute atomic E-state index is 0.137. The summed E-state index contributed by atoms with van der Waals surface area (Å²) >= 11 is 0. The Morgan fingerprint density at radius 2 is 2.14 bits per heavy atom. The molecule has 0 bridgehead atoms. The number of halogens is 3. The fraction of sp³-hybridized carbons (Fsp3) is 0.462. The van der Waals surface area contributed by atoms with E-state index in [0.717, 1.165) is 4.90 Å². The minimum Gasteiger partial charge on any atom is -0.395 e. The Hall–Kier alpha value is -1.80. The molecule has 1 aliphatic rings. The summed E-state index contributed by atoms with van der Waals surface area (Å²) in [5.74, 6) is -0.242. The van der Waals surface area contributed by atoms with Crippen molar-refractivity contribution in [3.05, 3.63) is 23.8 Å². The molecule has 0 saturated carbocycles. The maximum atomic E-state index is 12.6. The predicted octanol–water partition coefficient (Wildman–Crippen LogP) is 1.26. The molecule has 1 atom stereocenters. The van der Waals surface area contributed by atoms with Crippen LogP contribution in [0, 0.1) is 0 Å². The Balaban J connectivity index is 2.28. The molecule has 0 fully saturated rings. The van der Waals surface area contributed by atoms with E-state index in [2.05, 4.69) is 10.6 Å². The van der Waals surface area contributed by atoms with Crippen molar-refractivity contribution in [3.8, 4) is 0 Å². The van der Waals surface area contributed by atoms with E-state index in [-0.39, 0.29) is 12.5 Å². The highest BCUT2D eigenvalue weighted by atomic mass is 19.4. The van der Waals surface area contributed by atoms with Crippen molar-refractivity contribution in [1.82, 2.24) is 5.32 Å². The number of likely N-dealkylation sites (N-methyl/N-ethyl adjacent to an activating group) is 1. The highest BCUT2D eigenvalue weighted by molar-refractivity contribution is 6.03. The molecule has 1 aromatic carbocycles. The number of aliphatic hydroxyl groups is 1. The van der Waals surface area contributed by atoms with E-state index in [9.17, 15) is 18.0 Å². The van der Waals surface area contributed by atoms with Crippen LogP contribution in [0.5, 0.6) is 0 Å². The second-order valence-electron chi connectivity index (χ2n) is 4.74. The number of alkyl halides is 3. The van der Waals surface area contributed by atoms with Crippen LogP contribution in [0.15, 0.2) is 18.2 Å². The molecule has 8 heteroatoms. The van der Waals surface area contributed by atoms with Crippen molar-refractivity contribution >= 4 is 17.3 Å². The first-order valence-electron chi connectivity index (χ1n) is 6.40. The minimum atomic E-state index is -4.37. The van der Waals surface area contributed by atoms with Gasteiger partial charge >= 0.3 is 6.18 Å².